The zero-order valence-electron chi connectivity index (χ0n) is 11.0. The van der Waals surface area contributed by atoms with Gasteiger partial charge < -0.3 is 10.2 Å². The zero-order valence-corrected chi connectivity index (χ0v) is 11.0. The van der Waals surface area contributed by atoms with Crippen LogP contribution in [0.1, 0.15) is 52.4 Å². The maximum atomic E-state index is 3.93. The van der Waals surface area contributed by atoms with Gasteiger partial charge in [0.05, 0.1) is 0 Å². The van der Waals surface area contributed by atoms with Crippen molar-refractivity contribution < 1.29 is 0 Å². The van der Waals surface area contributed by atoms with Gasteiger partial charge in [-0.1, -0.05) is 26.7 Å². The molecule has 2 unspecified atom stereocenters. The molecular formula is C14H28N2. The van der Waals surface area contributed by atoms with E-state index in [1.54, 1.807) is 0 Å². The molecule has 0 aromatic heterocycles. The highest BCUT2D eigenvalue weighted by atomic mass is 15.2. The quantitative estimate of drug-likeness (QED) is 0.746. The number of nitrogens with one attached hydrogen (secondary N) is 1. The summed E-state index contributed by atoms with van der Waals surface area (Å²) in [5.41, 5.74) is 0. The molecule has 0 spiro atoms. The summed E-state index contributed by atoms with van der Waals surface area (Å²) < 4.78 is 0. The predicted molar refractivity (Wildman–Crippen MR) is 69.7 cm³/mol. The van der Waals surface area contributed by atoms with Gasteiger partial charge in [-0.05, 0) is 44.7 Å². The Balaban J connectivity index is 1.78. The van der Waals surface area contributed by atoms with Crippen molar-refractivity contribution in [2.24, 2.45) is 5.92 Å². The van der Waals surface area contributed by atoms with Gasteiger partial charge in [-0.3, -0.25) is 0 Å². The van der Waals surface area contributed by atoms with Crippen molar-refractivity contribution in [1.29, 1.82) is 0 Å². The van der Waals surface area contributed by atoms with Gasteiger partial charge in [0.1, 0.15) is 0 Å². The molecule has 2 bridgehead atoms. The molecule has 3 aliphatic rings. The lowest BCUT2D eigenvalue weighted by Gasteiger charge is -2.46. The Morgan fingerprint density at radius 2 is 2.00 bits per heavy atom. The summed E-state index contributed by atoms with van der Waals surface area (Å²) in [7, 11) is 0. The first-order valence-electron chi connectivity index (χ1n) is 7.31. The Kier molecular flexibility index (Phi) is 4.66. The van der Waals surface area contributed by atoms with Gasteiger partial charge in [-0.15, -0.1) is 0 Å². The van der Waals surface area contributed by atoms with Crippen LogP contribution in [0.4, 0.5) is 0 Å². The van der Waals surface area contributed by atoms with Crippen LogP contribution in [-0.2, 0) is 0 Å². The minimum absolute atomic E-state index is 0.769. The molecule has 3 saturated heterocycles. The van der Waals surface area contributed by atoms with Crippen LogP contribution in [0.25, 0.3) is 0 Å². The van der Waals surface area contributed by atoms with Crippen LogP contribution >= 0.6 is 0 Å². The smallest absolute Gasteiger partial charge is 0.0226 e. The van der Waals surface area contributed by atoms with E-state index in [0.717, 1.165) is 18.0 Å². The average Bonchev–Trinajstić information content (AvgIpc) is 2.36. The Morgan fingerprint density at radius 3 is 2.50 bits per heavy atom. The molecule has 1 N–H and O–H groups in total. The summed E-state index contributed by atoms with van der Waals surface area (Å²) >= 11 is 0. The molecule has 3 rings (SSSR count). The molecule has 94 valence electrons. The summed E-state index contributed by atoms with van der Waals surface area (Å²) in [5.74, 6) is 0.973. The lowest BCUT2D eigenvalue weighted by molar-refractivity contribution is 0.0659. The summed E-state index contributed by atoms with van der Waals surface area (Å²) in [6, 6.07) is 1.56. The van der Waals surface area contributed by atoms with Gasteiger partial charge in [0.15, 0.2) is 0 Å². The fraction of sp³-hybridized carbons (Fsp3) is 1.00. The first kappa shape index (κ1) is 12.4. The summed E-state index contributed by atoms with van der Waals surface area (Å²) in [4.78, 5) is 2.64. The van der Waals surface area contributed by atoms with E-state index >= 15 is 0 Å². The molecule has 3 fully saturated rings. The molecule has 2 nitrogen and oxygen atoms in total. The molecule has 16 heavy (non-hydrogen) atoms. The van der Waals surface area contributed by atoms with E-state index in [1.807, 2.05) is 0 Å². The minimum atomic E-state index is 0.769. The largest absolute Gasteiger partial charge is 0.310 e. The van der Waals surface area contributed by atoms with Crippen LogP contribution in [0, 0.1) is 5.92 Å². The van der Waals surface area contributed by atoms with Crippen LogP contribution in [-0.4, -0.2) is 36.6 Å². The van der Waals surface area contributed by atoms with Gasteiger partial charge in [-0.2, -0.15) is 0 Å². The van der Waals surface area contributed by atoms with Gasteiger partial charge in [0.2, 0.25) is 0 Å². The highest BCUT2D eigenvalue weighted by Crippen LogP contribution is 2.28. The molecule has 0 amide bonds. The molecule has 3 heterocycles. The van der Waals surface area contributed by atoms with Crippen LogP contribution < -0.4 is 5.32 Å². The highest BCUT2D eigenvalue weighted by Gasteiger charge is 2.34. The second-order valence-corrected chi connectivity index (χ2v) is 5.66. The topological polar surface area (TPSA) is 15.3 Å². The van der Waals surface area contributed by atoms with Gasteiger partial charge in [-0.25, -0.2) is 0 Å². The third-order valence-electron chi connectivity index (χ3n) is 4.50. The molecule has 0 radical (unpaired) electrons. The second kappa shape index (κ2) is 6.02. The predicted octanol–water partition coefficient (Wildman–Crippen LogP) is 2.64. The molecule has 0 aromatic carbocycles. The van der Waals surface area contributed by atoms with Crippen molar-refractivity contribution in [3.05, 3.63) is 0 Å². The van der Waals surface area contributed by atoms with Crippen molar-refractivity contribution in [1.82, 2.24) is 10.2 Å². The van der Waals surface area contributed by atoms with Crippen LogP contribution in [0.15, 0.2) is 0 Å². The normalized spacial score (nSPS) is 35.2. The standard InChI is InChI=1S/C14H28N2/c1-3-5-6-13(4-2)15-14-11-16-9-7-12(14)8-10-16/h12-15H,3-11H2,1-2H3. The number of hydrogen-bond acceptors (Lipinski definition) is 2. The Labute approximate surface area is 101 Å². The number of fused-ring (bicyclic) bond motifs is 3. The number of nitrogens with zero attached hydrogens (tertiary/aromatic N) is 1. The van der Waals surface area contributed by atoms with Crippen molar-refractivity contribution in [2.45, 2.75) is 64.5 Å². The molecular weight excluding hydrogens is 196 g/mol. The van der Waals surface area contributed by atoms with Gasteiger partial charge >= 0.3 is 0 Å². The van der Waals surface area contributed by atoms with Crippen LogP contribution in [0.3, 0.4) is 0 Å². The minimum Gasteiger partial charge on any atom is -0.310 e. The van der Waals surface area contributed by atoms with Crippen LogP contribution in [0.2, 0.25) is 0 Å². The van der Waals surface area contributed by atoms with Crippen molar-refractivity contribution in [2.75, 3.05) is 19.6 Å². The summed E-state index contributed by atoms with van der Waals surface area (Å²) in [6.45, 7) is 8.65. The van der Waals surface area contributed by atoms with E-state index < -0.39 is 0 Å². The van der Waals surface area contributed by atoms with E-state index in [-0.39, 0.29) is 0 Å². The van der Waals surface area contributed by atoms with E-state index in [4.69, 9.17) is 0 Å². The number of hydrogen-bond donors (Lipinski definition) is 1. The Hall–Kier alpha value is -0.0800. The summed E-state index contributed by atoms with van der Waals surface area (Å²) in [5, 5.41) is 3.93. The molecule has 0 saturated carbocycles. The lowest BCUT2D eigenvalue weighted by atomic mass is 9.83. The van der Waals surface area contributed by atoms with E-state index in [9.17, 15) is 0 Å². The van der Waals surface area contributed by atoms with Gasteiger partial charge in [0.25, 0.3) is 0 Å². The fourth-order valence-corrected chi connectivity index (χ4v) is 3.31. The SMILES string of the molecule is CCCCC(CC)NC1CN2CCC1CC2. The lowest BCUT2D eigenvalue weighted by Crippen LogP contribution is -2.57. The number of piperidine rings is 3. The number of rotatable bonds is 6. The maximum absolute atomic E-state index is 3.93. The fourth-order valence-electron chi connectivity index (χ4n) is 3.31. The van der Waals surface area contributed by atoms with E-state index in [2.05, 4.69) is 24.1 Å². The Bertz CT molecular complexity index is 197. The van der Waals surface area contributed by atoms with Crippen molar-refractivity contribution >= 4 is 0 Å². The van der Waals surface area contributed by atoms with Crippen molar-refractivity contribution in [3.63, 3.8) is 0 Å². The zero-order chi connectivity index (χ0) is 11.4. The molecule has 0 aliphatic carbocycles. The first-order chi connectivity index (χ1) is 7.83. The second-order valence-electron chi connectivity index (χ2n) is 5.66. The first-order valence-corrected chi connectivity index (χ1v) is 7.31. The average molecular weight is 224 g/mol. The van der Waals surface area contributed by atoms with E-state index in [1.165, 1.54) is 58.2 Å². The van der Waals surface area contributed by atoms with Crippen LogP contribution in [0.5, 0.6) is 0 Å². The highest BCUT2D eigenvalue weighted by molar-refractivity contribution is 4.92. The molecule has 2 heteroatoms. The van der Waals surface area contributed by atoms with E-state index in [0.29, 0.717) is 0 Å². The maximum Gasteiger partial charge on any atom is 0.0226 e. The third kappa shape index (κ3) is 2.98. The van der Waals surface area contributed by atoms with Gasteiger partial charge in [0, 0.05) is 18.6 Å². The Morgan fingerprint density at radius 1 is 1.25 bits per heavy atom. The summed E-state index contributed by atoms with van der Waals surface area (Å²) in [6.07, 6.45) is 8.24. The molecule has 2 atom stereocenters. The molecule has 3 aliphatic heterocycles. The molecule has 0 aromatic rings. The monoisotopic (exact) mass is 224 g/mol. The number of unbranched alkanes of at least 4 members (excludes halogenated alkanes) is 1. The van der Waals surface area contributed by atoms with Crippen molar-refractivity contribution in [3.8, 4) is 0 Å². The third-order valence-corrected chi connectivity index (χ3v) is 4.50.